The van der Waals surface area contributed by atoms with Gasteiger partial charge in [-0.3, -0.25) is 9.59 Å². The highest BCUT2D eigenvalue weighted by molar-refractivity contribution is 7.14. The Morgan fingerprint density at radius 2 is 2.15 bits per heavy atom. The van der Waals surface area contributed by atoms with Crippen molar-refractivity contribution in [1.82, 2.24) is 15.5 Å². The van der Waals surface area contributed by atoms with Crippen LogP contribution in [0.4, 0.5) is 0 Å². The number of carbonyl (C=O) groups is 2. The van der Waals surface area contributed by atoms with E-state index in [2.05, 4.69) is 16.7 Å². The Labute approximate surface area is 164 Å². The monoisotopic (exact) mass is 399 g/mol. The molecule has 0 radical (unpaired) electrons. The van der Waals surface area contributed by atoms with Crippen LogP contribution in [-0.4, -0.2) is 55.5 Å². The van der Waals surface area contributed by atoms with Gasteiger partial charge in [0.15, 0.2) is 0 Å². The van der Waals surface area contributed by atoms with Gasteiger partial charge in [-0.2, -0.15) is 0 Å². The molecule has 0 bridgehead atoms. The zero-order valence-corrected chi connectivity index (χ0v) is 16.6. The Balaban J connectivity index is 0.00000196. The third-order valence-electron chi connectivity index (χ3n) is 5.51. The van der Waals surface area contributed by atoms with Crippen LogP contribution in [-0.2, 0) is 21.6 Å². The molecule has 0 aliphatic carbocycles. The maximum Gasteiger partial charge on any atom is 0.264 e. The molecule has 26 heavy (non-hydrogen) atoms. The van der Waals surface area contributed by atoms with Crippen LogP contribution < -0.4 is 10.6 Å². The van der Waals surface area contributed by atoms with E-state index in [0.717, 1.165) is 50.3 Å². The zero-order chi connectivity index (χ0) is 17.4. The number of ether oxygens (including phenoxy) is 1. The highest BCUT2D eigenvalue weighted by atomic mass is 35.5. The van der Waals surface area contributed by atoms with E-state index in [1.807, 2.05) is 4.90 Å². The summed E-state index contributed by atoms with van der Waals surface area (Å²) in [6.07, 6.45) is 3.67. The predicted molar refractivity (Wildman–Crippen MR) is 103 cm³/mol. The van der Waals surface area contributed by atoms with Crippen molar-refractivity contribution in [3.05, 3.63) is 21.4 Å². The molecule has 2 fully saturated rings. The summed E-state index contributed by atoms with van der Waals surface area (Å²) in [7, 11) is 0. The van der Waals surface area contributed by atoms with Crippen LogP contribution >= 0.6 is 23.7 Å². The minimum absolute atomic E-state index is 0. The second kappa shape index (κ2) is 7.84. The molecule has 1 atom stereocenters. The summed E-state index contributed by atoms with van der Waals surface area (Å²) in [6.45, 7) is 5.50. The summed E-state index contributed by atoms with van der Waals surface area (Å²) in [5.41, 5.74) is 1.05. The third kappa shape index (κ3) is 3.63. The molecule has 0 saturated carbocycles. The number of hydrogen-bond donors (Lipinski definition) is 2. The molecular weight excluding hydrogens is 374 g/mol. The summed E-state index contributed by atoms with van der Waals surface area (Å²) in [6, 6.07) is 2.16. The summed E-state index contributed by atoms with van der Waals surface area (Å²) in [4.78, 5) is 28.2. The molecule has 1 aromatic heterocycles. The summed E-state index contributed by atoms with van der Waals surface area (Å²) < 4.78 is 6.21. The fourth-order valence-electron chi connectivity index (χ4n) is 4.27. The molecule has 1 aromatic rings. The van der Waals surface area contributed by atoms with Crippen LogP contribution in [0.1, 0.15) is 46.3 Å². The minimum Gasteiger partial charge on any atom is -0.370 e. The van der Waals surface area contributed by atoms with Crippen molar-refractivity contribution >= 4 is 35.6 Å². The molecule has 2 amide bonds. The van der Waals surface area contributed by atoms with E-state index in [-0.39, 0.29) is 35.9 Å². The van der Waals surface area contributed by atoms with Crippen molar-refractivity contribution in [2.45, 2.75) is 44.2 Å². The molecule has 144 valence electrons. The number of rotatable bonds is 2. The second-order valence-electron chi connectivity index (χ2n) is 7.23. The number of amides is 2. The van der Waals surface area contributed by atoms with Gasteiger partial charge in [-0.05, 0) is 44.0 Å². The smallest absolute Gasteiger partial charge is 0.264 e. The number of hydrogen-bond acceptors (Lipinski definition) is 5. The summed E-state index contributed by atoms with van der Waals surface area (Å²) >= 11 is 1.63. The van der Waals surface area contributed by atoms with E-state index >= 15 is 0 Å². The largest absolute Gasteiger partial charge is 0.370 e. The number of thiophene rings is 1. The summed E-state index contributed by atoms with van der Waals surface area (Å²) in [5.74, 6) is 0.0622. The van der Waals surface area contributed by atoms with Gasteiger partial charge in [0.25, 0.3) is 5.91 Å². The standard InChI is InChI=1S/C18H25N3O3S.ClH/c1-12(22)20-13-2-8-21(11-13)17(23)16-10-14-15(25-16)3-9-24-18(14)4-6-19-7-5-18;/h10,13,19H,2-9,11H2,1H3,(H,20,22);1H. The van der Waals surface area contributed by atoms with E-state index in [1.54, 1.807) is 11.3 Å². The van der Waals surface area contributed by atoms with Crippen molar-refractivity contribution in [1.29, 1.82) is 0 Å². The lowest BCUT2D eigenvalue weighted by Crippen LogP contribution is -2.44. The van der Waals surface area contributed by atoms with Crippen molar-refractivity contribution < 1.29 is 14.3 Å². The quantitative estimate of drug-likeness (QED) is 0.793. The van der Waals surface area contributed by atoms with Crippen LogP contribution in [0.3, 0.4) is 0 Å². The summed E-state index contributed by atoms with van der Waals surface area (Å²) in [5, 5.41) is 6.31. The molecule has 0 aromatic carbocycles. The van der Waals surface area contributed by atoms with Gasteiger partial charge in [0.1, 0.15) is 0 Å². The molecule has 3 aliphatic rings. The lowest BCUT2D eigenvalue weighted by molar-refractivity contribution is -0.119. The van der Waals surface area contributed by atoms with E-state index in [4.69, 9.17) is 4.74 Å². The lowest BCUT2D eigenvalue weighted by atomic mass is 9.83. The first kappa shape index (κ1) is 19.6. The Hall–Kier alpha value is -1.15. The van der Waals surface area contributed by atoms with Gasteiger partial charge in [-0.1, -0.05) is 0 Å². The SMILES string of the molecule is CC(=O)NC1CCN(C(=O)c2cc3c(s2)CCOC32CCNCC2)C1.Cl. The fourth-order valence-corrected chi connectivity index (χ4v) is 5.47. The highest BCUT2D eigenvalue weighted by Gasteiger charge is 2.41. The third-order valence-corrected chi connectivity index (χ3v) is 6.70. The van der Waals surface area contributed by atoms with E-state index in [0.29, 0.717) is 13.1 Å². The topological polar surface area (TPSA) is 70.7 Å². The Bertz CT molecular complexity index is 687. The van der Waals surface area contributed by atoms with Gasteiger partial charge >= 0.3 is 0 Å². The van der Waals surface area contributed by atoms with Gasteiger partial charge in [0, 0.05) is 37.4 Å². The number of nitrogens with zero attached hydrogens (tertiary/aromatic N) is 1. The van der Waals surface area contributed by atoms with Gasteiger partial charge in [0.2, 0.25) is 5.91 Å². The van der Waals surface area contributed by atoms with Crippen molar-refractivity contribution in [3.63, 3.8) is 0 Å². The number of nitrogens with one attached hydrogen (secondary N) is 2. The molecule has 2 N–H and O–H groups in total. The van der Waals surface area contributed by atoms with Crippen molar-refractivity contribution in [2.24, 2.45) is 0 Å². The van der Waals surface area contributed by atoms with Crippen LogP contribution in [0.5, 0.6) is 0 Å². The Morgan fingerprint density at radius 3 is 2.88 bits per heavy atom. The van der Waals surface area contributed by atoms with Gasteiger partial charge in [0.05, 0.1) is 17.1 Å². The molecule has 1 unspecified atom stereocenters. The number of fused-ring (bicyclic) bond motifs is 2. The average Bonchev–Trinajstić information content (AvgIpc) is 3.22. The van der Waals surface area contributed by atoms with Crippen molar-refractivity contribution in [2.75, 3.05) is 32.8 Å². The molecule has 3 aliphatic heterocycles. The van der Waals surface area contributed by atoms with Crippen LogP contribution in [0.2, 0.25) is 0 Å². The normalized spacial score (nSPS) is 24.0. The minimum atomic E-state index is -0.197. The van der Waals surface area contributed by atoms with Gasteiger partial charge in [-0.25, -0.2) is 0 Å². The second-order valence-corrected chi connectivity index (χ2v) is 8.36. The molecule has 4 heterocycles. The maximum atomic E-state index is 12.9. The zero-order valence-electron chi connectivity index (χ0n) is 15.0. The number of likely N-dealkylation sites (tertiary alicyclic amines) is 1. The lowest BCUT2D eigenvalue weighted by Gasteiger charge is -2.40. The fraction of sp³-hybridized carbons (Fsp3) is 0.667. The maximum absolute atomic E-state index is 12.9. The first-order valence-electron chi connectivity index (χ1n) is 9.12. The molecule has 1 spiro atoms. The number of piperidine rings is 1. The highest BCUT2D eigenvalue weighted by Crippen LogP contribution is 2.43. The molecule has 8 heteroatoms. The van der Waals surface area contributed by atoms with Gasteiger partial charge in [-0.15, -0.1) is 23.7 Å². The van der Waals surface area contributed by atoms with E-state index < -0.39 is 0 Å². The van der Waals surface area contributed by atoms with Gasteiger partial charge < -0.3 is 20.3 Å². The van der Waals surface area contributed by atoms with E-state index in [1.165, 1.54) is 17.4 Å². The molecule has 4 rings (SSSR count). The molecule has 6 nitrogen and oxygen atoms in total. The van der Waals surface area contributed by atoms with Crippen LogP contribution in [0.15, 0.2) is 6.07 Å². The predicted octanol–water partition coefficient (Wildman–Crippen LogP) is 1.67. The number of halogens is 1. The molecular formula is C18H26ClN3O3S. The van der Waals surface area contributed by atoms with Crippen molar-refractivity contribution in [3.8, 4) is 0 Å². The Morgan fingerprint density at radius 1 is 1.38 bits per heavy atom. The van der Waals surface area contributed by atoms with Crippen LogP contribution in [0, 0.1) is 0 Å². The molecule has 2 saturated heterocycles. The first-order valence-corrected chi connectivity index (χ1v) is 9.93. The van der Waals surface area contributed by atoms with E-state index in [9.17, 15) is 9.59 Å². The average molecular weight is 400 g/mol. The Kier molecular flexibility index (Phi) is 5.91. The first-order chi connectivity index (χ1) is 12.1. The van der Waals surface area contributed by atoms with Crippen LogP contribution in [0.25, 0.3) is 0 Å². The number of carbonyl (C=O) groups excluding carboxylic acids is 2.